The predicted octanol–water partition coefficient (Wildman–Crippen LogP) is 3.17. The Bertz CT molecular complexity index is 597. The number of rotatable bonds is 6. The van der Waals surface area contributed by atoms with Crippen molar-refractivity contribution in [3.05, 3.63) is 53.2 Å². The SMILES string of the molecule is Cc1cc(CNC(C)C)cnc1Oc1ccccc1CO. The normalized spacial score (nSPS) is 10.9. The van der Waals surface area contributed by atoms with Gasteiger partial charge in [0.05, 0.1) is 6.61 Å². The number of benzene rings is 1. The second-order valence-electron chi connectivity index (χ2n) is 5.37. The van der Waals surface area contributed by atoms with E-state index in [2.05, 4.69) is 30.2 Å². The maximum atomic E-state index is 9.32. The van der Waals surface area contributed by atoms with Crippen LogP contribution in [0.5, 0.6) is 11.6 Å². The van der Waals surface area contributed by atoms with E-state index < -0.39 is 0 Å². The molecule has 1 aromatic heterocycles. The smallest absolute Gasteiger partial charge is 0.222 e. The minimum atomic E-state index is -0.0500. The minimum absolute atomic E-state index is 0.0500. The van der Waals surface area contributed by atoms with E-state index in [0.29, 0.717) is 17.7 Å². The zero-order chi connectivity index (χ0) is 15.2. The molecule has 1 heterocycles. The number of hydrogen-bond acceptors (Lipinski definition) is 4. The molecule has 0 amide bonds. The number of nitrogens with one attached hydrogen (secondary N) is 1. The summed E-state index contributed by atoms with van der Waals surface area (Å²) < 4.78 is 5.82. The lowest BCUT2D eigenvalue weighted by molar-refractivity contribution is 0.276. The minimum Gasteiger partial charge on any atom is -0.438 e. The fourth-order valence-electron chi connectivity index (χ4n) is 1.98. The summed E-state index contributed by atoms with van der Waals surface area (Å²) in [5.41, 5.74) is 2.86. The van der Waals surface area contributed by atoms with Crippen molar-refractivity contribution in [1.29, 1.82) is 0 Å². The average Bonchev–Trinajstić information content (AvgIpc) is 2.48. The van der Waals surface area contributed by atoms with Crippen molar-refractivity contribution in [2.75, 3.05) is 0 Å². The van der Waals surface area contributed by atoms with E-state index in [1.54, 1.807) is 0 Å². The highest BCUT2D eigenvalue weighted by molar-refractivity contribution is 5.38. The molecule has 2 aromatic rings. The molecule has 112 valence electrons. The fourth-order valence-corrected chi connectivity index (χ4v) is 1.98. The molecule has 0 radical (unpaired) electrons. The first-order chi connectivity index (χ1) is 10.1. The first-order valence-electron chi connectivity index (χ1n) is 7.15. The summed E-state index contributed by atoms with van der Waals surface area (Å²) in [6, 6.07) is 9.94. The van der Waals surface area contributed by atoms with Crippen LogP contribution >= 0.6 is 0 Å². The van der Waals surface area contributed by atoms with E-state index in [9.17, 15) is 5.11 Å². The first-order valence-corrected chi connectivity index (χ1v) is 7.15. The summed E-state index contributed by atoms with van der Waals surface area (Å²) in [4.78, 5) is 4.38. The third-order valence-electron chi connectivity index (χ3n) is 3.15. The fraction of sp³-hybridized carbons (Fsp3) is 0.353. The lowest BCUT2D eigenvalue weighted by Gasteiger charge is -2.12. The molecule has 21 heavy (non-hydrogen) atoms. The molecular formula is C17H22N2O2. The van der Waals surface area contributed by atoms with Crippen molar-refractivity contribution in [1.82, 2.24) is 10.3 Å². The van der Waals surface area contributed by atoms with Crippen molar-refractivity contribution in [2.24, 2.45) is 0 Å². The largest absolute Gasteiger partial charge is 0.438 e. The summed E-state index contributed by atoms with van der Waals surface area (Å²) in [7, 11) is 0. The van der Waals surface area contributed by atoms with Crippen molar-refractivity contribution in [3.63, 3.8) is 0 Å². The Morgan fingerprint density at radius 2 is 2.05 bits per heavy atom. The van der Waals surface area contributed by atoms with Gasteiger partial charge in [-0.25, -0.2) is 4.98 Å². The molecule has 0 spiro atoms. The van der Waals surface area contributed by atoms with Gasteiger partial charge in [0.15, 0.2) is 0 Å². The highest BCUT2D eigenvalue weighted by Gasteiger charge is 2.08. The second-order valence-corrected chi connectivity index (χ2v) is 5.37. The van der Waals surface area contributed by atoms with Crippen LogP contribution in [-0.2, 0) is 13.2 Å². The van der Waals surface area contributed by atoms with E-state index in [-0.39, 0.29) is 6.61 Å². The van der Waals surface area contributed by atoms with E-state index >= 15 is 0 Å². The number of aromatic nitrogens is 1. The van der Waals surface area contributed by atoms with Crippen molar-refractivity contribution in [2.45, 2.75) is 40.0 Å². The van der Waals surface area contributed by atoms with Crippen molar-refractivity contribution >= 4 is 0 Å². The van der Waals surface area contributed by atoms with Crippen molar-refractivity contribution in [3.8, 4) is 11.6 Å². The summed E-state index contributed by atoms with van der Waals surface area (Å²) in [6.07, 6.45) is 1.82. The van der Waals surface area contributed by atoms with E-state index in [0.717, 1.165) is 23.2 Å². The maximum Gasteiger partial charge on any atom is 0.222 e. The van der Waals surface area contributed by atoms with Gasteiger partial charge >= 0.3 is 0 Å². The van der Waals surface area contributed by atoms with E-state index in [1.807, 2.05) is 37.4 Å². The van der Waals surface area contributed by atoms with E-state index in [1.165, 1.54) is 0 Å². The zero-order valence-electron chi connectivity index (χ0n) is 12.8. The molecule has 2 N–H and O–H groups in total. The molecule has 0 atom stereocenters. The van der Waals surface area contributed by atoms with Crippen LogP contribution in [0, 0.1) is 6.92 Å². The van der Waals surface area contributed by atoms with Crippen LogP contribution in [0.15, 0.2) is 36.5 Å². The van der Waals surface area contributed by atoms with Crippen molar-refractivity contribution < 1.29 is 9.84 Å². The Labute approximate surface area is 125 Å². The van der Waals surface area contributed by atoms with Gasteiger partial charge in [0.2, 0.25) is 5.88 Å². The Morgan fingerprint density at radius 1 is 1.29 bits per heavy atom. The van der Waals surface area contributed by atoms with Gasteiger partial charge in [-0.2, -0.15) is 0 Å². The molecule has 0 aliphatic rings. The van der Waals surface area contributed by atoms with Crippen LogP contribution in [0.4, 0.5) is 0 Å². The number of para-hydroxylation sites is 1. The number of aryl methyl sites for hydroxylation is 1. The molecule has 2 rings (SSSR count). The third kappa shape index (κ3) is 4.28. The topological polar surface area (TPSA) is 54.4 Å². The second kappa shape index (κ2) is 7.20. The highest BCUT2D eigenvalue weighted by atomic mass is 16.5. The molecular weight excluding hydrogens is 264 g/mol. The van der Waals surface area contributed by atoms with Gasteiger partial charge in [-0.05, 0) is 24.6 Å². The molecule has 0 saturated carbocycles. The molecule has 1 aromatic carbocycles. The highest BCUT2D eigenvalue weighted by Crippen LogP contribution is 2.26. The van der Waals surface area contributed by atoms with Gasteiger partial charge in [0, 0.05) is 29.9 Å². The Hall–Kier alpha value is -1.91. The summed E-state index contributed by atoms with van der Waals surface area (Å²) in [6.45, 7) is 6.95. The lowest BCUT2D eigenvalue weighted by Crippen LogP contribution is -2.21. The number of hydrogen-bond donors (Lipinski definition) is 2. The molecule has 4 nitrogen and oxygen atoms in total. The number of aliphatic hydroxyl groups excluding tert-OH is 1. The van der Waals surface area contributed by atoms with Gasteiger partial charge in [-0.1, -0.05) is 32.0 Å². The van der Waals surface area contributed by atoms with E-state index in [4.69, 9.17) is 4.74 Å². The number of ether oxygens (including phenoxy) is 1. The van der Waals surface area contributed by atoms with Crippen LogP contribution < -0.4 is 10.1 Å². The van der Waals surface area contributed by atoms with Crippen LogP contribution in [0.25, 0.3) is 0 Å². The third-order valence-corrected chi connectivity index (χ3v) is 3.15. The Balaban J connectivity index is 2.14. The Kier molecular flexibility index (Phi) is 5.31. The van der Waals surface area contributed by atoms with Gasteiger partial charge in [-0.3, -0.25) is 0 Å². The number of aliphatic hydroxyl groups is 1. The summed E-state index contributed by atoms with van der Waals surface area (Å²) in [5.74, 6) is 1.22. The van der Waals surface area contributed by atoms with Gasteiger partial charge in [-0.15, -0.1) is 0 Å². The zero-order valence-corrected chi connectivity index (χ0v) is 12.8. The first kappa shape index (κ1) is 15.5. The molecule has 4 heteroatoms. The molecule has 0 aliphatic carbocycles. The quantitative estimate of drug-likeness (QED) is 0.856. The van der Waals surface area contributed by atoms with Crippen LogP contribution in [-0.4, -0.2) is 16.1 Å². The molecule has 0 saturated heterocycles. The lowest BCUT2D eigenvalue weighted by atomic mass is 10.2. The van der Waals surface area contributed by atoms with Gasteiger partial charge in [0.25, 0.3) is 0 Å². The van der Waals surface area contributed by atoms with Gasteiger partial charge in [0.1, 0.15) is 5.75 Å². The standard InChI is InChI=1S/C17H22N2O2/c1-12(2)18-9-14-8-13(3)17(19-10-14)21-16-7-5-4-6-15(16)11-20/h4-8,10,12,18,20H,9,11H2,1-3H3. The average molecular weight is 286 g/mol. The van der Waals surface area contributed by atoms with Crippen LogP contribution in [0.2, 0.25) is 0 Å². The predicted molar refractivity (Wildman–Crippen MR) is 83.4 cm³/mol. The molecule has 0 fully saturated rings. The summed E-state index contributed by atoms with van der Waals surface area (Å²) >= 11 is 0. The number of pyridine rings is 1. The van der Waals surface area contributed by atoms with Gasteiger partial charge < -0.3 is 15.2 Å². The maximum absolute atomic E-state index is 9.32. The van der Waals surface area contributed by atoms with Crippen LogP contribution in [0.3, 0.4) is 0 Å². The molecule has 0 bridgehead atoms. The Morgan fingerprint density at radius 3 is 2.71 bits per heavy atom. The summed E-state index contributed by atoms with van der Waals surface area (Å²) in [5, 5.41) is 12.7. The molecule has 0 unspecified atom stereocenters. The van der Waals surface area contributed by atoms with Crippen LogP contribution in [0.1, 0.15) is 30.5 Å². The number of nitrogens with zero attached hydrogens (tertiary/aromatic N) is 1. The monoisotopic (exact) mass is 286 g/mol. The molecule has 0 aliphatic heterocycles.